The third-order valence-electron chi connectivity index (χ3n) is 5.37. The average molecular weight is 468 g/mol. The van der Waals surface area contributed by atoms with Crippen molar-refractivity contribution in [2.45, 2.75) is 37.8 Å². The van der Waals surface area contributed by atoms with Crippen LogP contribution in [0.1, 0.15) is 23.6 Å². The summed E-state index contributed by atoms with van der Waals surface area (Å²) in [5.74, 6) is 0.0935. The Kier molecular flexibility index (Phi) is 8.25. The van der Waals surface area contributed by atoms with Gasteiger partial charge in [-0.1, -0.05) is 60.2 Å². The molecule has 3 aromatic rings. The van der Waals surface area contributed by atoms with Gasteiger partial charge in [-0.15, -0.1) is 0 Å². The van der Waals surface area contributed by atoms with E-state index in [9.17, 15) is 13.2 Å². The Morgan fingerprint density at radius 3 is 2.27 bits per heavy atom. The Hall–Kier alpha value is -3.16. The lowest BCUT2D eigenvalue weighted by Gasteiger charge is -2.27. The normalized spacial score (nSPS) is 12.4. The van der Waals surface area contributed by atoms with E-state index in [-0.39, 0.29) is 11.4 Å². The fourth-order valence-electron chi connectivity index (χ4n) is 3.43. The zero-order valence-corrected chi connectivity index (χ0v) is 19.9. The van der Waals surface area contributed by atoms with Crippen LogP contribution in [0.2, 0.25) is 0 Å². The Bertz CT molecular complexity index is 1160. The molecule has 1 atom stereocenters. The molecule has 0 amide bonds. The molecule has 0 radical (unpaired) electrons. The molecule has 0 heterocycles. The molecule has 0 spiro atoms. The number of ether oxygens (including phenoxy) is 2. The average Bonchev–Trinajstić information content (AvgIpc) is 2.83. The number of carbonyl (C=O) groups is 1. The molecule has 0 aromatic heterocycles. The number of hydrogen-bond donors (Lipinski definition) is 0. The molecular weight excluding hydrogens is 438 g/mol. The minimum atomic E-state index is -3.90. The van der Waals surface area contributed by atoms with Crippen LogP contribution in [0.4, 0.5) is 0 Å². The van der Waals surface area contributed by atoms with Crippen molar-refractivity contribution < 1.29 is 22.7 Å². The van der Waals surface area contributed by atoms with E-state index in [0.29, 0.717) is 18.8 Å². The van der Waals surface area contributed by atoms with Gasteiger partial charge < -0.3 is 9.47 Å². The largest absolute Gasteiger partial charge is 0.489 e. The highest BCUT2D eigenvalue weighted by atomic mass is 32.2. The maximum Gasteiger partial charge on any atom is 0.323 e. The minimum absolute atomic E-state index is 0.120. The molecule has 0 saturated carbocycles. The maximum atomic E-state index is 13.3. The highest BCUT2D eigenvalue weighted by molar-refractivity contribution is 7.89. The number of nitrogens with zero attached hydrogens (tertiary/aromatic N) is 1. The van der Waals surface area contributed by atoms with Gasteiger partial charge in [-0.3, -0.25) is 4.79 Å². The molecule has 3 rings (SSSR count). The predicted molar refractivity (Wildman–Crippen MR) is 127 cm³/mol. The Morgan fingerprint density at radius 2 is 1.61 bits per heavy atom. The van der Waals surface area contributed by atoms with Crippen LogP contribution in [0.15, 0.2) is 83.8 Å². The number of carbonyl (C=O) groups excluding carboxylic acids is 1. The number of hydrogen-bond acceptors (Lipinski definition) is 5. The van der Waals surface area contributed by atoms with Crippen LogP contribution in [-0.4, -0.2) is 38.4 Å². The van der Waals surface area contributed by atoms with Crippen molar-refractivity contribution in [2.24, 2.45) is 0 Å². The summed E-state index contributed by atoms with van der Waals surface area (Å²) in [6.07, 6.45) is 0.412. The molecule has 0 aliphatic heterocycles. The van der Waals surface area contributed by atoms with Gasteiger partial charge in [0.2, 0.25) is 10.0 Å². The Balaban J connectivity index is 1.76. The number of benzene rings is 3. The molecule has 0 bridgehead atoms. The molecule has 0 aliphatic carbocycles. The van der Waals surface area contributed by atoms with E-state index in [1.807, 2.05) is 61.5 Å². The second-order valence-electron chi connectivity index (χ2n) is 7.80. The Labute approximate surface area is 195 Å². The first-order chi connectivity index (χ1) is 15.8. The lowest BCUT2D eigenvalue weighted by Crippen LogP contribution is -2.44. The van der Waals surface area contributed by atoms with E-state index < -0.39 is 22.0 Å². The van der Waals surface area contributed by atoms with Crippen LogP contribution < -0.4 is 4.74 Å². The number of sulfonamides is 1. The lowest BCUT2D eigenvalue weighted by atomic mass is 10.1. The van der Waals surface area contributed by atoms with Crippen LogP contribution >= 0.6 is 0 Å². The van der Waals surface area contributed by atoms with Crippen molar-refractivity contribution in [3.8, 4) is 5.75 Å². The van der Waals surface area contributed by atoms with Crippen molar-refractivity contribution in [1.82, 2.24) is 4.31 Å². The van der Waals surface area contributed by atoms with Crippen molar-refractivity contribution >= 4 is 16.0 Å². The number of esters is 1. The van der Waals surface area contributed by atoms with Gasteiger partial charge in [0.05, 0.1) is 12.0 Å². The Morgan fingerprint density at radius 1 is 0.939 bits per heavy atom. The van der Waals surface area contributed by atoms with E-state index in [1.165, 1.54) is 18.3 Å². The van der Waals surface area contributed by atoms with Crippen LogP contribution in [0, 0.1) is 6.92 Å². The van der Waals surface area contributed by atoms with E-state index >= 15 is 0 Å². The zero-order chi connectivity index (χ0) is 23.8. The summed E-state index contributed by atoms with van der Waals surface area (Å²) in [5, 5.41) is 0. The van der Waals surface area contributed by atoms with Gasteiger partial charge in [-0.25, -0.2) is 8.42 Å². The van der Waals surface area contributed by atoms with Gasteiger partial charge in [0.1, 0.15) is 18.4 Å². The fourth-order valence-corrected chi connectivity index (χ4v) is 5.01. The molecule has 6 nitrogen and oxygen atoms in total. The van der Waals surface area contributed by atoms with Gasteiger partial charge in [-0.2, -0.15) is 4.31 Å². The second kappa shape index (κ2) is 11.1. The van der Waals surface area contributed by atoms with Crippen molar-refractivity contribution in [2.75, 3.05) is 13.7 Å². The summed E-state index contributed by atoms with van der Waals surface area (Å²) in [7, 11) is -2.64. The SMILES string of the molecule is COC(=O)[C@@H](C)N(CCc1cccc(OCc2ccccc2)c1)S(=O)(=O)c1ccc(C)cc1. The monoisotopic (exact) mass is 467 g/mol. The number of methoxy groups -OCH3 is 1. The number of rotatable bonds is 10. The zero-order valence-electron chi connectivity index (χ0n) is 19.1. The molecule has 0 saturated heterocycles. The molecule has 174 valence electrons. The van der Waals surface area contributed by atoms with Crippen molar-refractivity contribution in [1.29, 1.82) is 0 Å². The highest BCUT2D eigenvalue weighted by Gasteiger charge is 2.33. The molecular formula is C26H29NO5S. The van der Waals surface area contributed by atoms with E-state index in [0.717, 1.165) is 16.7 Å². The van der Waals surface area contributed by atoms with Gasteiger partial charge in [0.15, 0.2) is 0 Å². The summed E-state index contributed by atoms with van der Waals surface area (Å²) in [6.45, 7) is 3.99. The molecule has 3 aromatic carbocycles. The second-order valence-corrected chi connectivity index (χ2v) is 9.69. The van der Waals surface area contributed by atoms with Crippen LogP contribution in [-0.2, 0) is 32.6 Å². The maximum absolute atomic E-state index is 13.3. The van der Waals surface area contributed by atoms with Crippen molar-refractivity contribution in [3.63, 3.8) is 0 Å². The van der Waals surface area contributed by atoms with Gasteiger partial charge in [0, 0.05) is 6.54 Å². The molecule has 0 N–H and O–H groups in total. The fraction of sp³-hybridized carbons (Fsp3) is 0.269. The summed E-state index contributed by atoms with van der Waals surface area (Å²) >= 11 is 0. The molecule has 0 unspecified atom stereocenters. The molecule has 0 fully saturated rings. The first kappa shape index (κ1) is 24.5. The minimum Gasteiger partial charge on any atom is -0.489 e. The quantitative estimate of drug-likeness (QED) is 0.414. The van der Waals surface area contributed by atoms with E-state index in [1.54, 1.807) is 24.3 Å². The van der Waals surface area contributed by atoms with Gasteiger partial charge in [0.25, 0.3) is 0 Å². The lowest BCUT2D eigenvalue weighted by molar-refractivity contribution is -0.144. The number of aryl methyl sites for hydroxylation is 1. The van der Waals surface area contributed by atoms with Crippen LogP contribution in [0.25, 0.3) is 0 Å². The highest BCUT2D eigenvalue weighted by Crippen LogP contribution is 2.22. The van der Waals surface area contributed by atoms with Crippen LogP contribution in [0.5, 0.6) is 5.75 Å². The van der Waals surface area contributed by atoms with E-state index in [4.69, 9.17) is 9.47 Å². The summed E-state index contributed by atoms with van der Waals surface area (Å²) in [4.78, 5) is 12.4. The van der Waals surface area contributed by atoms with Crippen molar-refractivity contribution in [3.05, 3.63) is 95.6 Å². The summed E-state index contributed by atoms with van der Waals surface area (Å²) in [5.41, 5.74) is 2.92. The van der Waals surface area contributed by atoms with E-state index in [2.05, 4.69) is 0 Å². The van der Waals surface area contributed by atoms with Gasteiger partial charge >= 0.3 is 5.97 Å². The molecule has 33 heavy (non-hydrogen) atoms. The summed E-state index contributed by atoms with van der Waals surface area (Å²) in [6, 6.07) is 23.0. The molecule has 7 heteroatoms. The smallest absolute Gasteiger partial charge is 0.323 e. The standard InChI is InChI=1S/C26H29NO5S/c1-20-12-14-25(15-13-20)33(29,30)27(21(2)26(28)31-3)17-16-22-10-7-11-24(18-22)32-19-23-8-5-4-6-9-23/h4-15,18,21H,16-17,19H2,1-3H3/t21-/m1/s1. The summed E-state index contributed by atoms with van der Waals surface area (Å²) < 4.78 is 38.6. The third-order valence-corrected chi connectivity index (χ3v) is 7.35. The first-order valence-corrected chi connectivity index (χ1v) is 12.2. The van der Waals surface area contributed by atoms with Crippen LogP contribution in [0.3, 0.4) is 0 Å². The topological polar surface area (TPSA) is 72.9 Å². The third kappa shape index (κ3) is 6.43. The molecule has 0 aliphatic rings. The first-order valence-electron chi connectivity index (χ1n) is 10.7. The predicted octanol–water partition coefficient (Wildman–Crippen LogP) is 4.37. The van der Waals surface area contributed by atoms with Gasteiger partial charge in [-0.05, 0) is 55.7 Å².